The molecule has 0 saturated heterocycles. The number of aryl methyl sites for hydroxylation is 1. The summed E-state index contributed by atoms with van der Waals surface area (Å²) < 4.78 is 1.84. The first-order valence-corrected chi connectivity index (χ1v) is 7.72. The number of hydrogen-bond acceptors (Lipinski definition) is 3. The molecule has 1 aromatic heterocycles. The summed E-state index contributed by atoms with van der Waals surface area (Å²) >= 11 is 1.59. The van der Waals surface area contributed by atoms with Crippen LogP contribution in [-0.4, -0.2) is 21.9 Å². The molecule has 0 aliphatic carbocycles. The average Bonchev–Trinajstić information content (AvgIpc) is 2.87. The maximum Gasteiger partial charge on any atom is 0.248 e. The zero-order valence-electron chi connectivity index (χ0n) is 11.8. The molecular weight excluding hydrogens is 282 g/mol. The number of nitrogens with two attached hydrogens (primary N) is 1. The molecule has 0 bridgehead atoms. The summed E-state index contributed by atoms with van der Waals surface area (Å²) in [7, 11) is 1.92. The van der Waals surface area contributed by atoms with Crippen LogP contribution in [0.1, 0.15) is 10.4 Å². The molecule has 0 aliphatic heterocycles. The lowest BCUT2D eigenvalue weighted by Crippen LogP contribution is -2.11. The van der Waals surface area contributed by atoms with Gasteiger partial charge in [-0.05, 0) is 47.7 Å². The Labute approximate surface area is 126 Å². The third-order valence-corrected chi connectivity index (χ3v) is 4.21. The van der Waals surface area contributed by atoms with E-state index in [2.05, 4.69) is 17.2 Å². The van der Waals surface area contributed by atoms with E-state index in [-0.39, 0.29) is 0 Å². The quantitative estimate of drug-likeness (QED) is 0.756. The smallest absolute Gasteiger partial charge is 0.248 e. The van der Waals surface area contributed by atoms with Gasteiger partial charge in [-0.2, -0.15) is 5.10 Å². The van der Waals surface area contributed by atoms with Crippen LogP contribution in [-0.2, 0) is 7.05 Å². The Kier molecular flexibility index (Phi) is 3.43. The van der Waals surface area contributed by atoms with Gasteiger partial charge in [-0.25, -0.2) is 0 Å². The molecule has 3 aromatic rings. The van der Waals surface area contributed by atoms with Gasteiger partial charge in [-0.15, -0.1) is 11.8 Å². The van der Waals surface area contributed by atoms with Gasteiger partial charge in [-0.3, -0.25) is 9.48 Å². The Morgan fingerprint density at radius 3 is 2.71 bits per heavy atom. The Morgan fingerprint density at radius 2 is 2.00 bits per heavy atom. The fourth-order valence-electron chi connectivity index (χ4n) is 2.37. The van der Waals surface area contributed by atoms with Crippen LogP contribution < -0.4 is 5.73 Å². The first-order valence-electron chi connectivity index (χ1n) is 6.49. The van der Waals surface area contributed by atoms with Gasteiger partial charge in [0.15, 0.2) is 0 Å². The molecule has 0 radical (unpaired) electrons. The number of fused-ring (bicyclic) bond motifs is 1. The van der Waals surface area contributed by atoms with E-state index in [4.69, 9.17) is 5.73 Å². The monoisotopic (exact) mass is 297 g/mol. The highest BCUT2D eigenvalue weighted by Gasteiger charge is 2.08. The normalized spacial score (nSPS) is 11.0. The van der Waals surface area contributed by atoms with Gasteiger partial charge in [0.05, 0.1) is 11.7 Å². The topological polar surface area (TPSA) is 60.9 Å². The van der Waals surface area contributed by atoms with Crippen molar-refractivity contribution in [1.82, 2.24) is 9.78 Å². The zero-order valence-corrected chi connectivity index (χ0v) is 12.6. The summed E-state index contributed by atoms with van der Waals surface area (Å²) in [6.07, 6.45) is 3.82. The minimum Gasteiger partial charge on any atom is -0.366 e. The van der Waals surface area contributed by atoms with E-state index in [9.17, 15) is 4.79 Å². The van der Waals surface area contributed by atoms with Crippen molar-refractivity contribution in [3.8, 4) is 11.1 Å². The van der Waals surface area contributed by atoms with Crippen molar-refractivity contribution in [3.63, 3.8) is 0 Å². The standard InChI is InChI=1S/C16H15N3OS/c1-19-15-4-3-10(5-13(15)9-18-19)11-6-12(16(17)20)8-14(7-11)21-2/h3-9H,1-2H3,(H2,17,20). The molecule has 4 nitrogen and oxygen atoms in total. The summed E-state index contributed by atoms with van der Waals surface area (Å²) in [6, 6.07) is 11.9. The SMILES string of the molecule is CSc1cc(C(N)=O)cc(-c2ccc3c(cnn3C)c2)c1. The molecule has 0 aliphatic rings. The van der Waals surface area contributed by atoms with Gasteiger partial charge >= 0.3 is 0 Å². The second-order valence-corrected chi connectivity index (χ2v) is 5.74. The van der Waals surface area contributed by atoms with Crippen LogP contribution in [0.4, 0.5) is 0 Å². The van der Waals surface area contributed by atoms with Gasteiger partial charge in [0.2, 0.25) is 5.91 Å². The first-order chi connectivity index (χ1) is 10.1. The van der Waals surface area contributed by atoms with Gasteiger partial charge in [0, 0.05) is 22.9 Å². The predicted molar refractivity (Wildman–Crippen MR) is 86.4 cm³/mol. The molecule has 21 heavy (non-hydrogen) atoms. The van der Waals surface area contributed by atoms with E-state index < -0.39 is 5.91 Å². The van der Waals surface area contributed by atoms with Crippen LogP contribution in [0.15, 0.2) is 47.5 Å². The number of carbonyl (C=O) groups is 1. The van der Waals surface area contributed by atoms with Crippen LogP contribution in [0, 0.1) is 0 Å². The average molecular weight is 297 g/mol. The Morgan fingerprint density at radius 1 is 1.19 bits per heavy atom. The van der Waals surface area contributed by atoms with Crippen molar-refractivity contribution in [2.24, 2.45) is 12.8 Å². The lowest BCUT2D eigenvalue weighted by atomic mass is 10.0. The number of primary amides is 1. The maximum absolute atomic E-state index is 11.5. The summed E-state index contributed by atoms with van der Waals surface area (Å²) in [6.45, 7) is 0. The maximum atomic E-state index is 11.5. The predicted octanol–water partition coefficient (Wildman–Crippen LogP) is 3.06. The molecular formula is C16H15N3OS. The number of thioether (sulfide) groups is 1. The molecule has 0 atom stereocenters. The van der Waals surface area contributed by atoms with Crippen LogP contribution in [0.25, 0.3) is 22.0 Å². The van der Waals surface area contributed by atoms with Gasteiger partial charge in [0.25, 0.3) is 0 Å². The Hall–Kier alpha value is -2.27. The molecule has 2 N–H and O–H groups in total. The minimum absolute atomic E-state index is 0.408. The molecule has 106 valence electrons. The molecule has 0 unspecified atom stereocenters. The second-order valence-electron chi connectivity index (χ2n) is 4.86. The Balaban J connectivity index is 2.16. The molecule has 0 saturated carbocycles. The van der Waals surface area contributed by atoms with Crippen LogP contribution >= 0.6 is 11.8 Å². The third-order valence-electron chi connectivity index (χ3n) is 3.51. The summed E-state index contributed by atoms with van der Waals surface area (Å²) in [5.74, 6) is -0.408. The molecule has 1 amide bonds. The number of aromatic nitrogens is 2. The van der Waals surface area contributed by atoms with E-state index in [1.807, 2.05) is 48.4 Å². The molecule has 3 rings (SSSR count). The van der Waals surface area contributed by atoms with E-state index in [0.717, 1.165) is 26.9 Å². The van der Waals surface area contributed by atoms with Crippen molar-refractivity contribution >= 4 is 28.6 Å². The summed E-state index contributed by atoms with van der Waals surface area (Å²) in [5.41, 5.74) is 9.06. The van der Waals surface area contributed by atoms with Gasteiger partial charge < -0.3 is 5.73 Å². The lowest BCUT2D eigenvalue weighted by molar-refractivity contribution is 0.1000. The lowest BCUT2D eigenvalue weighted by Gasteiger charge is -2.07. The first kappa shape index (κ1) is 13.7. The van der Waals surface area contributed by atoms with E-state index >= 15 is 0 Å². The van der Waals surface area contributed by atoms with Gasteiger partial charge in [-0.1, -0.05) is 6.07 Å². The highest BCUT2D eigenvalue weighted by molar-refractivity contribution is 7.98. The highest BCUT2D eigenvalue weighted by atomic mass is 32.2. The molecule has 0 fully saturated rings. The molecule has 0 spiro atoms. The van der Waals surface area contributed by atoms with Crippen LogP contribution in [0.2, 0.25) is 0 Å². The van der Waals surface area contributed by atoms with Crippen molar-refractivity contribution in [1.29, 1.82) is 0 Å². The molecule has 2 aromatic carbocycles. The van der Waals surface area contributed by atoms with E-state index in [0.29, 0.717) is 5.56 Å². The van der Waals surface area contributed by atoms with Crippen molar-refractivity contribution < 1.29 is 4.79 Å². The number of benzene rings is 2. The number of nitrogens with zero attached hydrogens (tertiary/aromatic N) is 2. The minimum atomic E-state index is -0.408. The van der Waals surface area contributed by atoms with Crippen LogP contribution in [0.3, 0.4) is 0 Å². The fraction of sp³-hybridized carbons (Fsp3) is 0.125. The molecule has 5 heteroatoms. The summed E-state index contributed by atoms with van der Waals surface area (Å²) in [5, 5.41) is 5.32. The van der Waals surface area contributed by atoms with Gasteiger partial charge in [0.1, 0.15) is 0 Å². The fourth-order valence-corrected chi connectivity index (χ4v) is 2.86. The second kappa shape index (κ2) is 5.26. The van der Waals surface area contributed by atoms with Crippen molar-refractivity contribution in [3.05, 3.63) is 48.2 Å². The van der Waals surface area contributed by atoms with Crippen LogP contribution in [0.5, 0.6) is 0 Å². The number of hydrogen-bond donors (Lipinski definition) is 1. The van der Waals surface area contributed by atoms with Crippen molar-refractivity contribution in [2.45, 2.75) is 4.90 Å². The summed E-state index contributed by atoms with van der Waals surface area (Å²) in [4.78, 5) is 12.5. The zero-order chi connectivity index (χ0) is 15.0. The molecule has 1 heterocycles. The number of amides is 1. The number of carbonyl (C=O) groups excluding carboxylic acids is 1. The largest absolute Gasteiger partial charge is 0.366 e. The van der Waals surface area contributed by atoms with E-state index in [1.165, 1.54) is 0 Å². The third kappa shape index (κ3) is 2.52. The van der Waals surface area contributed by atoms with E-state index in [1.54, 1.807) is 11.8 Å². The van der Waals surface area contributed by atoms with Crippen molar-refractivity contribution in [2.75, 3.05) is 6.26 Å². The number of rotatable bonds is 3. The highest BCUT2D eigenvalue weighted by Crippen LogP contribution is 2.28. The Bertz CT molecular complexity index is 839.